The first-order valence-corrected chi connectivity index (χ1v) is 8.01. The molecule has 20 heavy (non-hydrogen) atoms. The van der Waals surface area contributed by atoms with Crippen molar-refractivity contribution in [3.05, 3.63) is 23.8 Å². The van der Waals surface area contributed by atoms with Gasteiger partial charge in [0.15, 0.2) is 0 Å². The van der Waals surface area contributed by atoms with E-state index in [1.807, 2.05) is 6.07 Å². The molecule has 0 heterocycles. The predicted octanol–water partition coefficient (Wildman–Crippen LogP) is 0.702. The third-order valence-electron chi connectivity index (χ3n) is 2.99. The highest BCUT2D eigenvalue weighted by atomic mass is 32.2. The van der Waals surface area contributed by atoms with Crippen molar-refractivity contribution in [3.63, 3.8) is 0 Å². The van der Waals surface area contributed by atoms with Crippen LogP contribution < -0.4 is 14.9 Å². The third kappa shape index (κ3) is 3.92. The van der Waals surface area contributed by atoms with Gasteiger partial charge in [-0.3, -0.25) is 0 Å². The smallest absolute Gasteiger partial charge is 0.257 e. The Balaban J connectivity index is 2.20. The number of sulfonamides is 1. The van der Waals surface area contributed by atoms with Gasteiger partial charge in [-0.25, -0.2) is 13.4 Å². The SMILES string of the molecule is COc1cc(CNC2CC2)ccc1S(=O)(=O)NN(C)C. The largest absolute Gasteiger partial charge is 0.495 e. The van der Waals surface area contributed by atoms with Crippen LogP contribution in [0.15, 0.2) is 23.1 Å². The van der Waals surface area contributed by atoms with Crippen LogP contribution >= 0.6 is 0 Å². The Morgan fingerprint density at radius 3 is 2.60 bits per heavy atom. The number of methoxy groups -OCH3 is 1. The summed E-state index contributed by atoms with van der Waals surface area (Å²) in [5.74, 6) is 0.356. The average Bonchev–Trinajstić information content (AvgIpc) is 3.18. The quantitative estimate of drug-likeness (QED) is 0.725. The van der Waals surface area contributed by atoms with Crippen molar-refractivity contribution in [1.82, 2.24) is 15.2 Å². The number of ether oxygens (including phenoxy) is 1. The van der Waals surface area contributed by atoms with Crippen LogP contribution in [0, 0.1) is 0 Å². The van der Waals surface area contributed by atoms with Crippen molar-refractivity contribution in [1.29, 1.82) is 0 Å². The summed E-state index contributed by atoms with van der Waals surface area (Å²) in [6.45, 7) is 0.725. The number of hydrazine groups is 1. The van der Waals surface area contributed by atoms with E-state index >= 15 is 0 Å². The minimum absolute atomic E-state index is 0.142. The second-order valence-corrected chi connectivity index (χ2v) is 6.76. The van der Waals surface area contributed by atoms with E-state index in [2.05, 4.69) is 10.1 Å². The van der Waals surface area contributed by atoms with Gasteiger partial charge in [0, 0.05) is 26.7 Å². The summed E-state index contributed by atoms with van der Waals surface area (Å²) >= 11 is 0. The number of rotatable bonds is 7. The Morgan fingerprint density at radius 2 is 2.05 bits per heavy atom. The Labute approximate surface area is 120 Å². The fraction of sp³-hybridized carbons (Fsp3) is 0.538. The van der Waals surface area contributed by atoms with Gasteiger partial charge in [0.05, 0.1) is 7.11 Å². The van der Waals surface area contributed by atoms with Crippen LogP contribution in [-0.4, -0.2) is 40.7 Å². The molecule has 0 spiro atoms. The first-order chi connectivity index (χ1) is 9.42. The maximum absolute atomic E-state index is 12.2. The second kappa shape index (κ2) is 6.09. The molecular formula is C13H21N3O3S. The molecule has 1 aromatic carbocycles. The highest BCUT2D eigenvalue weighted by Crippen LogP contribution is 2.26. The molecule has 1 fully saturated rings. The topological polar surface area (TPSA) is 70.7 Å². The molecule has 1 saturated carbocycles. The molecule has 1 aliphatic rings. The van der Waals surface area contributed by atoms with Crippen molar-refractivity contribution >= 4 is 10.0 Å². The number of nitrogens with one attached hydrogen (secondary N) is 2. The summed E-state index contributed by atoms with van der Waals surface area (Å²) in [6, 6.07) is 5.76. The normalized spacial score (nSPS) is 15.6. The predicted molar refractivity (Wildman–Crippen MR) is 76.9 cm³/mol. The van der Waals surface area contributed by atoms with E-state index in [1.165, 1.54) is 25.0 Å². The Morgan fingerprint density at radius 1 is 1.35 bits per heavy atom. The van der Waals surface area contributed by atoms with Crippen LogP contribution in [0.25, 0.3) is 0 Å². The minimum atomic E-state index is -3.61. The lowest BCUT2D eigenvalue weighted by Crippen LogP contribution is -2.36. The van der Waals surface area contributed by atoms with Crippen molar-refractivity contribution in [2.24, 2.45) is 0 Å². The lowest BCUT2D eigenvalue weighted by molar-refractivity contribution is 0.360. The summed E-state index contributed by atoms with van der Waals surface area (Å²) in [5.41, 5.74) is 1.01. The second-order valence-electron chi connectivity index (χ2n) is 5.13. The molecule has 0 unspecified atom stereocenters. The maximum Gasteiger partial charge on any atom is 0.257 e. The number of hydrogen-bond donors (Lipinski definition) is 2. The molecule has 0 radical (unpaired) electrons. The van der Waals surface area contributed by atoms with E-state index in [0.29, 0.717) is 11.8 Å². The van der Waals surface area contributed by atoms with Crippen LogP contribution in [0.2, 0.25) is 0 Å². The average molecular weight is 299 g/mol. The fourth-order valence-electron chi connectivity index (χ4n) is 1.88. The number of benzene rings is 1. The molecule has 6 nitrogen and oxygen atoms in total. The standard InChI is InChI=1S/C13H21N3O3S/c1-16(2)15-20(17,18)13-7-4-10(8-12(13)19-3)9-14-11-5-6-11/h4,7-8,11,14-15H,5-6,9H2,1-3H3. The zero-order valence-corrected chi connectivity index (χ0v) is 12.8. The molecule has 112 valence electrons. The van der Waals surface area contributed by atoms with Gasteiger partial charge in [-0.2, -0.15) is 0 Å². The fourth-order valence-corrected chi connectivity index (χ4v) is 3.12. The van der Waals surface area contributed by atoms with Crippen LogP contribution in [0.1, 0.15) is 18.4 Å². The molecule has 0 aromatic heterocycles. The van der Waals surface area contributed by atoms with E-state index in [9.17, 15) is 8.42 Å². The van der Waals surface area contributed by atoms with Gasteiger partial charge in [-0.1, -0.05) is 6.07 Å². The molecule has 0 atom stereocenters. The molecule has 1 aromatic rings. The molecule has 0 amide bonds. The summed E-state index contributed by atoms with van der Waals surface area (Å²) in [5, 5.41) is 4.77. The summed E-state index contributed by atoms with van der Waals surface area (Å²) in [4.78, 5) is 2.54. The zero-order chi connectivity index (χ0) is 14.8. The van der Waals surface area contributed by atoms with Crippen molar-refractivity contribution in [2.45, 2.75) is 30.3 Å². The molecule has 2 N–H and O–H groups in total. The maximum atomic E-state index is 12.2. The highest BCUT2D eigenvalue weighted by Gasteiger charge is 2.22. The third-order valence-corrected chi connectivity index (χ3v) is 4.51. The molecule has 0 aliphatic heterocycles. The van der Waals surface area contributed by atoms with Gasteiger partial charge < -0.3 is 10.1 Å². The molecular weight excluding hydrogens is 278 g/mol. The summed E-state index contributed by atoms with van der Waals surface area (Å²) < 4.78 is 29.5. The summed E-state index contributed by atoms with van der Waals surface area (Å²) in [7, 11) is 1.11. The zero-order valence-electron chi connectivity index (χ0n) is 12.0. The summed E-state index contributed by atoms with van der Waals surface area (Å²) in [6.07, 6.45) is 2.44. The van der Waals surface area contributed by atoms with Gasteiger partial charge in [0.25, 0.3) is 10.0 Å². The lowest BCUT2D eigenvalue weighted by Gasteiger charge is -2.15. The van der Waals surface area contributed by atoms with Gasteiger partial charge >= 0.3 is 0 Å². The molecule has 1 aliphatic carbocycles. The van der Waals surface area contributed by atoms with Crippen molar-refractivity contribution < 1.29 is 13.2 Å². The van der Waals surface area contributed by atoms with Gasteiger partial charge in [-0.15, -0.1) is 4.83 Å². The molecule has 0 saturated heterocycles. The Kier molecular flexibility index (Phi) is 4.64. The van der Waals surface area contributed by atoms with E-state index in [4.69, 9.17) is 4.74 Å². The highest BCUT2D eigenvalue weighted by molar-refractivity contribution is 7.89. The molecule has 0 bridgehead atoms. The first-order valence-electron chi connectivity index (χ1n) is 6.52. The number of hydrogen-bond acceptors (Lipinski definition) is 5. The monoisotopic (exact) mass is 299 g/mol. The van der Waals surface area contributed by atoms with Gasteiger partial charge in [-0.05, 0) is 30.5 Å². The van der Waals surface area contributed by atoms with Crippen LogP contribution in [0.5, 0.6) is 5.75 Å². The van der Waals surface area contributed by atoms with Gasteiger partial charge in [0.2, 0.25) is 0 Å². The van der Waals surface area contributed by atoms with E-state index in [-0.39, 0.29) is 4.90 Å². The molecule has 7 heteroatoms. The molecule has 2 rings (SSSR count). The van der Waals surface area contributed by atoms with Crippen LogP contribution in [-0.2, 0) is 16.6 Å². The minimum Gasteiger partial charge on any atom is -0.495 e. The Bertz CT molecular complexity index is 568. The van der Waals surface area contributed by atoms with Crippen molar-refractivity contribution in [3.8, 4) is 5.75 Å². The van der Waals surface area contributed by atoms with E-state index in [0.717, 1.165) is 12.1 Å². The lowest BCUT2D eigenvalue weighted by atomic mass is 10.2. The van der Waals surface area contributed by atoms with Crippen molar-refractivity contribution in [2.75, 3.05) is 21.2 Å². The van der Waals surface area contributed by atoms with Crippen LogP contribution in [0.3, 0.4) is 0 Å². The van der Waals surface area contributed by atoms with Crippen LogP contribution in [0.4, 0.5) is 0 Å². The Hall–Kier alpha value is -1.15. The van der Waals surface area contributed by atoms with E-state index in [1.54, 1.807) is 26.2 Å². The van der Waals surface area contributed by atoms with E-state index < -0.39 is 10.0 Å². The number of nitrogens with zero attached hydrogens (tertiary/aromatic N) is 1. The first kappa shape index (κ1) is 15.2. The van der Waals surface area contributed by atoms with Gasteiger partial charge in [0.1, 0.15) is 10.6 Å².